The van der Waals surface area contributed by atoms with Crippen LogP contribution in [-0.2, 0) is 4.74 Å². The van der Waals surface area contributed by atoms with Crippen LogP contribution in [0, 0.1) is 5.92 Å². The summed E-state index contributed by atoms with van der Waals surface area (Å²) in [5.41, 5.74) is 3.12. The third-order valence-corrected chi connectivity index (χ3v) is 6.42. The SMILES string of the molecule is Clc1cc(Nc2ncnc3ccc(C4CCCNC4)cc23)ccc1OCC1CCOC1. The quantitative estimate of drug-likeness (QED) is 0.570. The molecule has 2 aliphatic heterocycles. The normalized spacial score (nSPS) is 21.3. The Morgan fingerprint density at radius 1 is 1.16 bits per heavy atom. The first kappa shape index (κ1) is 20.5. The molecule has 2 unspecified atom stereocenters. The lowest BCUT2D eigenvalue weighted by Gasteiger charge is -2.23. The lowest BCUT2D eigenvalue weighted by molar-refractivity contribution is 0.167. The lowest BCUT2D eigenvalue weighted by atomic mass is 9.91. The van der Waals surface area contributed by atoms with Crippen molar-refractivity contribution in [3.8, 4) is 5.75 Å². The molecule has 31 heavy (non-hydrogen) atoms. The summed E-state index contributed by atoms with van der Waals surface area (Å²) in [4.78, 5) is 8.94. The van der Waals surface area contributed by atoms with E-state index in [1.165, 1.54) is 18.4 Å². The number of halogens is 1. The number of ether oxygens (including phenoxy) is 2. The Morgan fingerprint density at radius 2 is 2.13 bits per heavy atom. The molecule has 162 valence electrons. The van der Waals surface area contributed by atoms with Crippen LogP contribution >= 0.6 is 11.6 Å². The molecule has 5 rings (SSSR count). The van der Waals surface area contributed by atoms with E-state index < -0.39 is 0 Å². The molecule has 6 nitrogen and oxygen atoms in total. The van der Waals surface area contributed by atoms with Crippen molar-refractivity contribution in [3.63, 3.8) is 0 Å². The molecule has 0 bridgehead atoms. The van der Waals surface area contributed by atoms with E-state index in [1.54, 1.807) is 6.33 Å². The maximum Gasteiger partial charge on any atom is 0.141 e. The Bertz CT molecular complexity index is 1050. The molecule has 7 heteroatoms. The minimum atomic E-state index is 0.440. The smallest absolute Gasteiger partial charge is 0.141 e. The van der Waals surface area contributed by atoms with E-state index in [9.17, 15) is 0 Å². The molecule has 1 aromatic heterocycles. The largest absolute Gasteiger partial charge is 0.492 e. The topological polar surface area (TPSA) is 68.3 Å². The number of fused-ring (bicyclic) bond motifs is 1. The van der Waals surface area contributed by atoms with Gasteiger partial charge in [0.1, 0.15) is 17.9 Å². The number of aromatic nitrogens is 2. The summed E-state index contributed by atoms with van der Waals surface area (Å²) in [6.45, 7) is 4.33. The van der Waals surface area contributed by atoms with Crippen molar-refractivity contribution < 1.29 is 9.47 Å². The summed E-state index contributed by atoms with van der Waals surface area (Å²) < 4.78 is 11.3. The molecule has 0 radical (unpaired) electrons. The monoisotopic (exact) mass is 438 g/mol. The van der Waals surface area contributed by atoms with Gasteiger partial charge in [-0.15, -0.1) is 0 Å². The fraction of sp³-hybridized carbons (Fsp3) is 0.417. The summed E-state index contributed by atoms with van der Waals surface area (Å²) in [6, 6.07) is 12.2. The van der Waals surface area contributed by atoms with Crippen LogP contribution < -0.4 is 15.4 Å². The molecule has 0 amide bonds. The van der Waals surface area contributed by atoms with E-state index in [2.05, 4.69) is 38.8 Å². The summed E-state index contributed by atoms with van der Waals surface area (Å²) in [7, 11) is 0. The van der Waals surface area contributed by atoms with Crippen LogP contribution in [0.1, 0.15) is 30.7 Å². The highest BCUT2D eigenvalue weighted by Crippen LogP contribution is 2.32. The Hall–Kier alpha value is -2.41. The number of nitrogens with zero attached hydrogens (tertiary/aromatic N) is 2. The van der Waals surface area contributed by atoms with Crippen LogP contribution in [-0.4, -0.2) is 42.9 Å². The van der Waals surface area contributed by atoms with Crippen LogP contribution in [0.25, 0.3) is 10.9 Å². The molecule has 3 heterocycles. The van der Waals surface area contributed by atoms with Gasteiger partial charge in [-0.2, -0.15) is 0 Å². The molecule has 2 aliphatic rings. The van der Waals surface area contributed by atoms with Crippen molar-refractivity contribution in [2.24, 2.45) is 5.92 Å². The van der Waals surface area contributed by atoms with Gasteiger partial charge in [-0.25, -0.2) is 9.97 Å². The van der Waals surface area contributed by atoms with Gasteiger partial charge in [-0.05, 0) is 67.6 Å². The molecule has 0 saturated carbocycles. The molecular formula is C24H27ClN4O2. The van der Waals surface area contributed by atoms with Gasteiger partial charge in [0.15, 0.2) is 0 Å². The van der Waals surface area contributed by atoms with E-state index in [1.807, 2.05) is 18.2 Å². The molecule has 2 aromatic carbocycles. The summed E-state index contributed by atoms with van der Waals surface area (Å²) >= 11 is 6.49. The Kier molecular flexibility index (Phi) is 6.20. The second-order valence-corrected chi connectivity index (χ2v) is 8.76. The highest BCUT2D eigenvalue weighted by molar-refractivity contribution is 6.32. The van der Waals surface area contributed by atoms with Crippen LogP contribution in [0.5, 0.6) is 5.75 Å². The highest BCUT2D eigenvalue weighted by atomic mass is 35.5. The maximum atomic E-state index is 6.49. The Balaban J connectivity index is 1.34. The second-order valence-electron chi connectivity index (χ2n) is 8.35. The van der Waals surface area contributed by atoms with Gasteiger partial charge in [-0.3, -0.25) is 0 Å². The number of hydrogen-bond donors (Lipinski definition) is 2. The van der Waals surface area contributed by atoms with E-state index in [-0.39, 0.29) is 0 Å². The van der Waals surface area contributed by atoms with Gasteiger partial charge in [-0.1, -0.05) is 17.7 Å². The van der Waals surface area contributed by atoms with Crippen molar-refractivity contribution >= 4 is 34.0 Å². The first-order valence-electron chi connectivity index (χ1n) is 11.0. The van der Waals surface area contributed by atoms with E-state index in [4.69, 9.17) is 21.1 Å². The molecule has 2 atom stereocenters. The third-order valence-electron chi connectivity index (χ3n) is 6.12. The van der Waals surface area contributed by atoms with Gasteiger partial charge in [0.25, 0.3) is 0 Å². The van der Waals surface area contributed by atoms with Crippen molar-refractivity contribution in [1.82, 2.24) is 15.3 Å². The van der Waals surface area contributed by atoms with Gasteiger partial charge >= 0.3 is 0 Å². The van der Waals surface area contributed by atoms with Crippen LogP contribution in [0.4, 0.5) is 11.5 Å². The summed E-state index contributed by atoms with van der Waals surface area (Å²) in [6.07, 6.45) is 5.05. The summed E-state index contributed by atoms with van der Waals surface area (Å²) in [5.74, 6) is 2.44. The summed E-state index contributed by atoms with van der Waals surface area (Å²) in [5, 5.41) is 8.51. The number of rotatable bonds is 6. The Morgan fingerprint density at radius 3 is 2.94 bits per heavy atom. The number of piperidine rings is 1. The van der Waals surface area contributed by atoms with Crippen molar-refractivity contribution in [1.29, 1.82) is 0 Å². The lowest BCUT2D eigenvalue weighted by Crippen LogP contribution is -2.28. The molecule has 2 saturated heterocycles. The minimum absolute atomic E-state index is 0.440. The molecule has 2 fully saturated rings. The van der Waals surface area contributed by atoms with Gasteiger partial charge < -0.3 is 20.1 Å². The first-order chi connectivity index (χ1) is 15.3. The van der Waals surface area contributed by atoms with E-state index in [0.717, 1.165) is 55.1 Å². The first-order valence-corrected chi connectivity index (χ1v) is 11.4. The zero-order chi connectivity index (χ0) is 21.0. The van der Waals surface area contributed by atoms with Gasteiger partial charge in [0, 0.05) is 30.1 Å². The molecule has 2 N–H and O–H groups in total. The van der Waals surface area contributed by atoms with Crippen molar-refractivity contribution in [3.05, 3.63) is 53.3 Å². The van der Waals surface area contributed by atoms with Crippen molar-refractivity contribution in [2.75, 3.05) is 38.2 Å². The average molecular weight is 439 g/mol. The fourth-order valence-electron chi connectivity index (χ4n) is 4.32. The molecule has 0 spiro atoms. The standard InChI is InChI=1S/C24H27ClN4O2/c25-21-11-19(4-6-23(21)31-14-16-7-9-30-13-16)29-24-20-10-17(18-2-1-8-26-12-18)3-5-22(20)27-15-28-24/h3-6,10-11,15-16,18,26H,1-2,7-9,12-14H2,(H,27,28,29). The predicted octanol–water partition coefficient (Wildman–Crippen LogP) is 4.91. The molecule has 3 aromatic rings. The number of benzene rings is 2. The number of nitrogens with one attached hydrogen (secondary N) is 2. The average Bonchev–Trinajstić information content (AvgIpc) is 3.33. The molecular weight excluding hydrogens is 412 g/mol. The minimum Gasteiger partial charge on any atom is -0.492 e. The van der Waals surface area contributed by atoms with E-state index in [0.29, 0.717) is 29.2 Å². The molecule has 0 aliphatic carbocycles. The zero-order valence-corrected chi connectivity index (χ0v) is 18.2. The fourth-order valence-corrected chi connectivity index (χ4v) is 4.55. The zero-order valence-electron chi connectivity index (χ0n) is 17.4. The highest BCUT2D eigenvalue weighted by Gasteiger charge is 2.18. The van der Waals surface area contributed by atoms with Crippen molar-refractivity contribution in [2.45, 2.75) is 25.2 Å². The van der Waals surface area contributed by atoms with Gasteiger partial charge in [0.05, 0.1) is 23.8 Å². The second kappa shape index (κ2) is 9.39. The van der Waals surface area contributed by atoms with Crippen LogP contribution in [0.2, 0.25) is 5.02 Å². The Labute approximate surface area is 187 Å². The van der Waals surface area contributed by atoms with Crippen LogP contribution in [0.15, 0.2) is 42.7 Å². The van der Waals surface area contributed by atoms with E-state index >= 15 is 0 Å². The van der Waals surface area contributed by atoms with Gasteiger partial charge in [0.2, 0.25) is 0 Å². The predicted molar refractivity (Wildman–Crippen MR) is 124 cm³/mol. The third kappa shape index (κ3) is 4.76. The number of anilines is 2. The number of hydrogen-bond acceptors (Lipinski definition) is 6. The van der Waals surface area contributed by atoms with Crippen LogP contribution in [0.3, 0.4) is 0 Å². The maximum absolute atomic E-state index is 6.49.